The number of hydrogen-bond acceptors (Lipinski definition) is 3. The molecule has 0 aliphatic heterocycles. The van der Waals surface area contributed by atoms with Gasteiger partial charge in [0.15, 0.2) is 11.6 Å². The second-order valence-corrected chi connectivity index (χ2v) is 8.15. The van der Waals surface area contributed by atoms with Crippen molar-refractivity contribution >= 4 is 21.6 Å². The summed E-state index contributed by atoms with van der Waals surface area (Å²) in [6.07, 6.45) is 2.05. The fraction of sp³-hybridized carbons (Fsp3) is 0.278. The smallest absolute Gasteiger partial charge is 0.258 e. The normalized spacial score (nSPS) is 15.4. The van der Waals surface area contributed by atoms with Crippen LogP contribution in [-0.4, -0.2) is 19.9 Å². The Balaban J connectivity index is 1.86. The van der Waals surface area contributed by atoms with Crippen molar-refractivity contribution in [3.05, 3.63) is 59.4 Å². The van der Waals surface area contributed by atoms with E-state index >= 15 is 0 Å². The molecule has 0 aromatic heterocycles. The van der Waals surface area contributed by atoms with E-state index in [-0.39, 0.29) is 10.6 Å². The van der Waals surface area contributed by atoms with Gasteiger partial charge in [0.05, 0.1) is 10.5 Å². The van der Waals surface area contributed by atoms with Gasteiger partial charge in [0.1, 0.15) is 5.82 Å². The molecule has 0 saturated heterocycles. The minimum Gasteiger partial charge on any atom is -0.322 e. The minimum atomic E-state index is -3.93. The van der Waals surface area contributed by atoms with Gasteiger partial charge < -0.3 is 5.32 Å². The molecule has 0 bridgehead atoms. The molecule has 5 nitrogen and oxygen atoms in total. The van der Waals surface area contributed by atoms with Gasteiger partial charge in [0, 0.05) is 17.3 Å². The summed E-state index contributed by atoms with van der Waals surface area (Å²) in [5.74, 6) is -4.19. The molecule has 144 valence electrons. The molecule has 1 aliphatic rings. The Bertz CT molecular complexity index is 1000. The highest BCUT2D eigenvalue weighted by atomic mass is 32.2. The molecule has 0 radical (unpaired) electrons. The Morgan fingerprint density at radius 2 is 1.70 bits per heavy atom. The maximum atomic E-state index is 14.1. The van der Waals surface area contributed by atoms with Crippen LogP contribution < -0.4 is 10.0 Å². The van der Waals surface area contributed by atoms with Gasteiger partial charge in [-0.05, 0) is 49.6 Å². The summed E-state index contributed by atoms with van der Waals surface area (Å²) < 4.78 is 67.9. The number of anilines is 1. The fourth-order valence-electron chi connectivity index (χ4n) is 2.64. The molecule has 0 heterocycles. The third-order valence-corrected chi connectivity index (χ3v) is 6.13. The van der Waals surface area contributed by atoms with Crippen LogP contribution in [0.25, 0.3) is 0 Å². The lowest BCUT2D eigenvalue weighted by atomic mass is 10.2. The van der Waals surface area contributed by atoms with E-state index in [0.29, 0.717) is 19.3 Å². The van der Waals surface area contributed by atoms with Crippen molar-refractivity contribution in [1.29, 1.82) is 0 Å². The van der Waals surface area contributed by atoms with Gasteiger partial charge in [0.2, 0.25) is 10.0 Å². The van der Waals surface area contributed by atoms with Gasteiger partial charge in [-0.15, -0.1) is 0 Å². The highest BCUT2D eigenvalue weighted by molar-refractivity contribution is 7.89. The van der Waals surface area contributed by atoms with Crippen molar-refractivity contribution in [3.63, 3.8) is 0 Å². The highest BCUT2D eigenvalue weighted by Gasteiger charge is 2.44. The van der Waals surface area contributed by atoms with Crippen molar-refractivity contribution in [3.8, 4) is 0 Å². The van der Waals surface area contributed by atoms with Gasteiger partial charge >= 0.3 is 0 Å². The lowest BCUT2D eigenvalue weighted by Crippen LogP contribution is -2.36. The minimum absolute atomic E-state index is 0.0902. The predicted molar refractivity (Wildman–Crippen MR) is 93.3 cm³/mol. The number of carbonyl (C=O) groups excluding carboxylic acids is 1. The van der Waals surface area contributed by atoms with Crippen molar-refractivity contribution in [2.45, 2.75) is 36.6 Å². The van der Waals surface area contributed by atoms with Crippen LogP contribution in [0.2, 0.25) is 0 Å². The maximum absolute atomic E-state index is 14.1. The lowest BCUT2D eigenvalue weighted by Gasteiger charge is -2.16. The van der Waals surface area contributed by atoms with E-state index in [1.54, 1.807) is 0 Å². The largest absolute Gasteiger partial charge is 0.322 e. The molecule has 0 spiro atoms. The van der Waals surface area contributed by atoms with Crippen LogP contribution in [0.1, 0.15) is 36.5 Å². The van der Waals surface area contributed by atoms with E-state index in [1.165, 1.54) is 0 Å². The summed E-state index contributed by atoms with van der Waals surface area (Å²) in [7, 11) is -3.93. The number of amides is 1. The summed E-state index contributed by atoms with van der Waals surface area (Å²) in [6.45, 7) is 1.86. The molecule has 2 aromatic rings. The first kappa shape index (κ1) is 19.4. The predicted octanol–water partition coefficient (Wildman–Crippen LogP) is 3.58. The number of hydrogen-bond donors (Lipinski definition) is 2. The molecule has 2 N–H and O–H groups in total. The molecule has 2 aromatic carbocycles. The SMILES string of the molecule is CCC1(NS(=O)(=O)c2ccc(F)c(C(=O)Nc3ccc(F)c(F)c3)c2)CC1. The van der Waals surface area contributed by atoms with Crippen molar-refractivity contribution in [2.75, 3.05) is 5.32 Å². The molecule has 0 atom stereocenters. The summed E-state index contributed by atoms with van der Waals surface area (Å²) >= 11 is 0. The van der Waals surface area contributed by atoms with E-state index in [4.69, 9.17) is 0 Å². The topological polar surface area (TPSA) is 75.3 Å². The van der Waals surface area contributed by atoms with Gasteiger partial charge in [-0.3, -0.25) is 4.79 Å². The maximum Gasteiger partial charge on any atom is 0.258 e. The first-order chi connectivity index (χ1) is 12.7. The number of carbonyl (C=O) groups is 1. The van der Waals surface area contributed by atoms with Gasteiger partial charge in [-0.2, -0.15) is 0 Å². The second-order valence-electron chi connectivity index (χ2n) is 6.46. The zero-order valence-electron chi connectivity index (χ0n) is 14.4. The average molecular weight is 398 g/mol. The number of sulfonamides is 1. The summed E-state index contributed by atoms with van der Waals surface area (Å²) in [6, 6.07) is 5.52. The quantitative estimate of drug-likeness (QED) is 0.781. The fourth-order valence-corrected chi connectivity index (χ4v) is 4.20. The van der Waals surface area contributed by atoms with Crippen molar-refractivity contribution in [2.24, 2.45) is 0 Å². The Morgan fingerprint density at radius 1 is 1.04 bits per heavy atom. The number of nitrogens with one attached hydrogen (secondary N) is 2. The summed E-state index contributed by atoms with van der Waals surface area (Å²) in [5.41, 5.74) is -1.10. The zero-order chi connectivity index (χ0) is 19.8. The Labute approximate surface area is 154 Å². The van der Waals surface area contributed by atoms with Crippen LogP contribution in [0.5, 0.6) is 0 Å². The van der Waals surface area contributed by atoms with Crippen LogP contribution in [-0.2, 0) is 10.0 Å². The van der Waals surface area contributed by atoms with E-state index in [0.717, 1.165) is 36.4 Å². The molecule has 1 amide bonds. The van der Waals surface area contributed by atoms with E-state index in [1.807, 2.05) is 6.92 Å². The lowest BCUT2D eigenvalue weighted by molar-refractivity contribution is 0.102. The van der Waals surface area contributed by atoms with E-state index < -0.39 is 44.5 Å². The first-order valence-electron chi connectivity index (χ1n) is 8.26. The van der Waals surface area contributed by atoms with Crippen LogP contribution in [0.15, 0.2) is 41.3 Å². The molecular formula is C18H17F3N2O3S. The standard InChI is InChI=1S/C18H17F3N2O3S/c1-2-18(7-8-18)23-27(25,26)12-4-6-14(19)13(10-12)17(24)22-11-3-5-15(20)16(21)9-11/h3-6,9-10,23H,2,7-8H2,1H3,(H,22,24). The highest BCUT2D eigenvalue weighted by Crippen LogP contribution is 2.39. The van der Waals surface area contributed by atoms with Gasteiger partial charge in [-0.25, -0.2) is 26.3 Å². The molecule has 0 unspecified atom stereocenters. The Hall–Kier alpha value is -2.39. The molecule has 9 heteroatoms. The van der Waals surface area contributed by atoms with Gasteiger partial charge in [0.25, 0.3) is 5.91 Å². The second kappa shape index (κ2) is 6.97. The van der Waals surface area contributed by atoms with Crippen LogP contribution >= 0.6 is 0 Å². The third-order valence-electron chi connectivity index (χ3n) is 4.55. The first-order valence-corrected chi connectivity index (χ1v) is 9.74. The van der Waals surface area contributed by atoms with Crippen LogP contribution in [0.4, 0.5) is 18.9 Å². The molecule has 1 saturated carbocycles. The molecule has 3 rings (SSSR count). The van der Waals surface area contributed by atoms with Crippen molar-refractivity contribution in [1.82, 2.24) is 4.72 Å². The van der Waals surface area contributed by atoms with E-state index in [2.05, 4.69) is 10.0 Å². The summed E-state index contributed by atoms with van der Waals surface area (Å²) in [4.78, 5) is 12.0. The number of benzene rings is 2. The molecule has 27 heavy (non-hydrogen) atoms. The van der Waals surface area contributed by atoms with Gasteiger partial charge in [-0.1, -0.05) is 6.92 Å². The van der Waals surface area contributed by atoms with E-state index in [9.17, 15) is 26.4 Å². The monoisotopic (exact) mass is 398 g/mol. The Kier molecular flexibility index (Phi) is 5.00. The van der Waals surface area contributed by atoms with Crippen molar-refractivity contribution < 1.29 is 26.4 Å². The average Bonchev–Trinajstić information content (AvgIpc) is 3.37. The molecule has 1 fully saturated rings. The van der Waals surface area contributed by atoms with Crippen LogP contribution in [0, 0.1) is 17.5 Å². The Morgan fingerprint density at radius 3 is 2.30 bits per heavy atom. The number of rotatable bonds is 6. The number of halogens is 3. The summed E-state index contributed by atoms with van der Waals surface area (Å²) in [5, 5.41) is 2.22. The van der Waals surface area contributed by atoms with Crippen LogP contribution in [0.3, 0.4) is 0 Å². The molecular weight excluding hydrogens is 381 g/mol. The zero-order valence-corrected chi connectivity index (χ0v) is 15.2. The third kappa shape index (κ3) is 4.14. The molecule has 1 aliphatic carbocycles.